The molecule has 2 heteroatoms. The zero-order valence-corrected chi connectivity index (χ0v) is 14.1. The van der Waals surface area contributed by atoms with Gasteiger partial charge in [-0.2, -0.15) is 0 Å². The first-order valence-electron chi connectivity index (χ1n) is 9.00. The van der Waals surface area contributed by atoms with Crippen molar-refractivity contribution in [3.8, 4) is 0 Å². The lowest BCUT2D eigenvalue weighted by Crippen LogP contribution is -2.43. The van der Waals surface area contributed by atoms with Crippen molar-refractivity contribution >= 4 is 10.9 Å². The van der Waals surface area contributed by atoms with Crippen LogP contribution in [0.2, 0.25) is 0 Å². The summed E-state index contributed by atoms with van der Waals surface area (Å²) in [4.78, 5) is 2.74. The molecule has 2 aromatic rings. The number of hydrogen-bond acceptors (Lipinski definition) is 1. The number of benzene rings is 1. The molecule has 1 aromatic carbocycles. The van der Waals surface area contributed by atoms with Crippen LogP contribution in [0.5, 0.6) is 0 Å². The zero-order chi connectivity index (χ0) is 15.2. The quantitative estimate of drug-likeness (QED) is 0.767. The third kappa shape index (κ3) is 2.20. The summed E-state index contributed by atoms with van der Waals surface area (Å²) in [7, 11) is 2.27. The van der Waals surface area contributed by atoms with Gasteiger partial charge in [-0.25, -0.2) is 0 Å². The van der Waals surface area contributed by atoms with Crippen molar-refractivity contribution in [2.45, 2.75) is 45.4 Å². The lowest BCUT2D eigenvalue weighted by atomic mass is 9.74. The number of piperidine rings is 1. The van der Waals surface area contributed by atoms with Crippen molar-refractivity contribution in [1.82, 2.24) is 9.47 Å². The second-order valence-corrected chi connectivity index (χ2v) is 7.48. The van der Waals surface area contributed by atoms with Crippen molar-refractivity contribution in [3.05, 3.63) is 35.5 Å². The smallest absolute Gasteiger partial charge is 0.0482 e. The molecule has 1 saturated heterocycles. The summed E-state index contributed by atoms with van der Waals surface area (Å²) in [6.45, 7) is 6.28. The van der Waals surface area contributed by atoms with E-state index in [-0.39, 0.29) is 0 Å². The van der Waals surface area contributed by atoms with E-state index in [1.54, 1.807) is 11.3 Å². The van der Waals surface area contributed by atoms with Crippen molar-refractivity contribution in [2.24, 2.45) is 12.5 Å². The Balaban J connectivity index is 1.80. The van der Waals surface area contributed by atoms with E-state index >= 15 is 0 Å². The van der Waals surface area contributed by atoms with Gasteiger partial charge >= 0.3 is 0 Å². The molecule has 1 aromatic heterocycles. The highest BCUT2D eigenvalue weighted by molar-refractivity contribution is 5.85. The van der Waals surface area contributed by atoms with Gasteiger partial charge in [0.2, 0.25) is 0 Å². The van der Waals surface area contributed by atoms with Gasteiger partial charge in [-0.15, -0.1) is 0 Å². The normalized spacial score (nSPS) is 28.7. The first kappa shape index (κ1) is 14.3. The summed E-state index contributed by atoms with van der Waals surface area (Å²) in [6.07, 6.45) is 7.99. The lowest BCUT2D eigenvalue weighted by molar-refractivity contribution is 0.0788. The van der Waals surface area contributed by atoms with E-state index in [4.69, 9.17) is 0 Å². The van der Waals surface area contributed by atoms with E-state index in [1.165, 1.54) is 69.1 Å². The molecule has 118 valence electrons. The number of aromatic nitrogens is 1. The molecule has 0 N–H and O–H groups in total. The van der Waals surface area contributed by atoms with Gasteiger partial charge in [-0.1, -0.05) is 25.1 Å². The Hall–Kier alpha value is -1.28. The topological polar surface area (TPSA) is 8.17 Å². The summed E-state index contributed by atoms with van der Waals surface area (Å²) in [6, 6.07) is 8.98. The summed E-state index contributed by atoms with van der Waals surface area (Å²) in [5, 5.41) is 1.49. The number of hydrogen-bond donors (Lipinski definition) is 0. The molecule has 22 heavy (non-hydrogen) atoms. The average molecular weight is 296 g/mol. The lowest BCUT2D eigenvalue weighted by Gasteiger charge is -2.42. The Kier molecular flexibility index (Phi) is 3.53. The van der Waals surface area contributed by atoms with Crippen LogP contribution in [0.25, 0.3) is 10.9 Å². The molecule has 2 bridgehead atoms. The molecule has 2 atom stereocenters. The summed E-state index contributed by atoms with van der Waals surface area (Å²) in [5.41, 5.74) is 5.20. The fraction of sp³-hybridized carbons (Fsp3) is 0.600. The molecule has 0 amide bonds. The van der Waals surface area contributed by atoms with Gasteiger partial charge in [0.05, 0.1) is 0 Å². The molecule has 2 nitrogen and oxygen atoms in total. The number of para-hydroxylation sites is 1. The van der Waals surface area contributed by atoms with Crippen molar-refractivity contribution in [1.29, 1.82) is 0 Å². The van der Waals surface area contributed by atoms with Gasteiger partial charge in [0, 0.05) is 36.7 Å². The Morgan fingerprint density at radius 1 is 1.09 bits per heavy atom. The minimum absolute atomic E-state index is 0.566. The highest BCUT2D eigenvalue weighted by atomic mass is 15.1. The summed E-state index contributed by atoms with van der Waals surface area (Å²) >= 11 is 0. The van der Waals surface area contributed by atoms with Gasteiger partial charge in [0.15, 0.2) is 0 Å². The van der Waals surface area contributed by atoms with E-state index in [2.05, 4.69) is 47.7 Å². The average Bonchev–Trinajstić information content (AvgIpc) is 2.85. The molecule has 1 unspecified atom stereocenters. The third-order valence-electron chi connectivity index (χ3n) is 6.40. The Morgan fingerprint density at radius 2 is 1.95 bits per heavy atom. The van der Waals surface area contributed by atoms with Gasteiger partial charge in [0.25, 0.3) is 0 Å². The number of fused-ring (bicyclic) bond motifs is 5. The Morgan fingerprint density at radius 3 is 2.82 bits per heavy atom. The first-order chi connectivity index (χ1) is 10.7. The van der Waals surface area contributed by atoms with E-state index in [9.17, 15) is 0 Å². The second kappa shape index (κ2) is 5.42. The molecule has 2 aliphatic rings. The highest BCUT2D eigenvalue weighted by Crippen LogP contribution is 2.40. The van der Waals surface area contributed by atoms with E-state index < -0.39 is 0 Å². The molecule has 2 aliphatic heterocycles. The van der Waals surface area contributed by atoms with Gasteiger partial charge in [-0.3, -0.25) is 0 Å². The first-order valence-corrected chi connectivity index (χ1v) is 9.00. The zero-order valence-electron chi connectivity index (χ0n) is 14.1. The molecule has 0 spiro atoms. The van der Waals surface area contributed by atoms with Gasteiger partial charge in [0.1, 0.15) is 0 Å². The predicted molar refractivity (Wildman–Crippen MR) is 93.3 cm³/mol. The van der Waals surface area contributed by atoms with Crippen LogP contribution in [0, 0.1) is 5.41 Å². The predicted octanol–water partition coefficient (Wildman–Crippen LogP) is 4.16. The highest BCUT2D eigenvalue weighted by Gasteiger charge is 2.35. The molecule has 3 heterocycles. The third-order valence-corrected chi connectivity index (χ3v) is 6.40. The minimum Gasteiger partial charge on any atom is -0.347 e. The number of rotatable bonds is 1. The fourth-order valence-corrected chi connectivity index (χ4v) is 4.95. The Bertz CT molecular complexity index is 684. The standard InChI is InChI=1S/C20H28N2/c1-3-20-11-6-13-22(15-20)14-10-17-16-7-4-5-8-18(16)21(2)19(17)9-12-20/h4-5,7-8H,3,6,9-15H2,1-2H3/t20-/m1/s1. The molecule has 0 radical (unpaired) electrons. The van der Waals surface area contributed by atoms with E-state index in [1.807, 2.05) is 0 Å². The number of aryl methyl sites for hydroxylation is 1. The molecular weight excluding hydrogens is 268 g/mol. The van der Waals surface area contributed by atoms with Crippen LogP contribution >= 0.6 is 0 Å². The molecule has 1 fully saturated rings. The molecule has 0 saturated carbocycles. The second-order valence-electron chi connectivity index (χ2n) is 7.48. The fourth-order valence-electron chi connectivity index (χ4n) is 4.95. The van der Waals surface area contributed by atoms with Crippen molar-refractivity contribution in [3.63, 3.8) is 0 Å². The number of nitrogens with zero attached hydrogens (tertiary/aromatic N) is 2. The van der Waals surface area contributed by atoms with Crippen LogP contribution in [-0.2, 0) is 19.9 Å². The van der Waals surface area contributed by atoms with Crippen LogP contribution < -0.4 is 0 Å². The SMILES string of the molecule is CC[C@@]12CCCN(CCc3c(n(C)c4ccccc34)CC1)C2. The van der Waals surface area contributed by atoms with Crippen molar-refractivity contribution in [2.75, 3.05) is 19.6 Å². The monoisotopic (exact) mass is 296 g/mol. The maximum atomic E-state index is 2.74. The van der Waals surface area contributed by atoms with Crippen LogP contribution in [-0.4, -0.2) is 29.1 Å². The van der Waals surface area contributed by atoms with Crippen LogP contribution in [0.15, 0.2) is 24.3 Å². The van der Waals surface area contributed by atoms with E-state index in [0.29, 0.717) is 5.41 Å². The van der Waals surface area contributed by atoms with Crippen LogP contribution in [0.1, 0.15) is 43.9 Å². The van der Waals surface area contributed by atoms with Gasteiger partial charge in [-0.05, 0) is 62.1 Å². The maximum absolute atomic E-state index is 2.74. The summed E-state index contributed by atoms with van der Waals surface area (Å²) < 4.78 is 2.47. The van der Waals surface area contributed by atoms with E-state index in [0.717, 1.165) is 0 Å². The summed E-state index contributed by atoms with van der Waals surface area (Å²) in [5.74, 6) is 0. The van der Waals surface area contributed by atoms with Gasteiger partial charge < -0.3 is 9.47 Å². The van der Waals surface area contributed by atoms with Crippen LogP contribution in [0.3, 0.4) is 0 Å². The van der Waals surface area contributed by atoms with Crippen LogP contribution in [0.4, 0.5) is 0 Å². The minimum atomic E-state index is 0.566. The molecule has 4 rings (SSSR count). The molecular formula is C20H28N2. The maximum Gasteiger partial charge on any atom is 0.0482 e. The Labute approximate surface area is 134 Å². The largest absolute Gasteiger partial charge is 0.347 e. The van der Waals surface area contributed by atoms with Crippen molar-refractivity contribution < 1.29 is 0 Å². The molecule has 0 aliphatic carbocycles.